The van der Waals surface area contributed by atoms with E-state index in [9.17, 15) is 65.8 Å². The third-order valence-corrected chi connectivity index (χ3v) is 8.98. The van der Waals surface area contributed by atoms with Gasteiger partial charge in [0.2, 0.25) is 5.43 Å². The maximum absolute atomic E-state index is 13.5. The highest BCUT2D eigenvalue weighted by molar-refractivity contribution is 5.97. The second-order valence-corrected chi connectivity index (χ2v) is 12.4. The van der Waals surface area contributed by atoms with E-state index in [4.69, 9.17) is 14.2 Å². The van der Waals surface area contributed by atoms with Gasteiger partial charge >= 0.3 is 5.97 Å². The van der Waals surface area contributed by atoms with Crippen LogP contribution in [-0.2, 0) is 17.6 Å². The molecule has 11 N–H and O–H groups in total. The number of rotatable bonds is 4. The SMILES string of the molecule is O=C(O[C@@H]1Cc2c(O)cc(O)cc2OC1c1cc(=O)c(O)c2c(O)c(O)cc(C3Oc4cc(O)cc(O)c4CC3O)c2c1)c1cc(O)c(O)c(O)c1. The van der Waals surface area contributed by atoms with E-state index in [1.165, 1.54) is 12.1 Å². The highest BCUT2D eigenvalue weighted by Crippen LogP contribution is 2.49. The van der Waals surface area contributed by atoms with E-state index in [1.54, 1.807) is 0 Å². The van der Waals surface area contributed by atoms with Gasteiger partial charge < -0.3 is 70.4 Å². The predicted molar refractivity (Wildman–Crippen MR) is 176 cm³/mol. The Bertz CT molecular complexity index is 2370. The first kappa shape index (κ1) is 33.6. The molecule has 7 rings (SSSR count). The van der Waals surface area contributed by atoms with E-state index in [2.05, 4.69) is 0 Å². The summed E-state index contributed by atoms with van der Waals surface area (Å²) in [5, 5.41) is 114. The first-order valence-electron chi connectivity index (χ1n) is 15.4. The van der Waals surface area contributed by atoms with Crippen molar-refractivity contribution in [2.75, 3.05) is 0 Å². The quantitative estimate of drug-likeness (QED) is 0.0940. The molecule has 0 saturated heterocycles. The van der Waals surface area contributed by atoms with Crippen molar-refractivity contribution in [3.05, 3.63) is 92.6 Å². The summed E-state index contributed by atoms with van der Waals surface area (Å²) in [4.78, 5) is 26.8. The van der Waals surface area contributed by atoms with Gasteiger partial charge in [-0.2, -0.15) is 0 Å². The molecule has 4 atom stereocenters. The molecular formula is C36H28O16. The Morgan fingerprint density at radius 1 is 0.615 bits per heavy atom. The van der Waals surface area contributed by atoms with Crippen LogP contribution in [0.1, 0.15) is 44.8 Å². The smallest absolute Gasteiger partial charge is 0.338 e. The Hall–Kier alpha value is -6.94. The summed E-state index contributed by atoms with van der Waals surface area (Å²) >= 11 is 0. The molecule has 0 saturated carbocycles. The molecule has 0 amide bonds. The minimum absolute atomic E-state index is 0.0344. The van der Waals surface area contributed by atoms with E-state index < -0.39 is 92.8 Å². The molecule has 0 aliphatic carbocycles. The van der Waals surface area contributed by atoms with Gasteiger partial charge in [-0.1, -0.05) is 0 Å². The topological polar surface area (TPSA) is 284 Å². The van der Waals surface area contributed by atoms with Crippen molar-refractivity contribution in [3.8, 4) is 69.0 Å². The number of aromatic hydroxyl groups is 10. The molecule has 0 aromatic heterocycles. The zero-order chi connectivity index (χ0) is 37.3. The van der Waals surface area contributed by atoms with Crippen LogP contribution < -0.4 is 14.9 Å². The lowest BCUT2D eigenvalue weighted by molar-refractivity contribution is -0.0188. The van der Waals surface area contributed by atoms with Gasteiger partial charge in [0.15, 0.2) is 46.7 Å². The standard InChI is InChI=1S/C36H28O16/c37-14-5-20(39)18-10-26(45)35(51-27(18)7-14)17-9-25(44)33(48)30-16(17)1-12(2-24(43)32(30)47)34-29(11-19-21(40)6-15(38)8-28(19)50-34)52-36(49)13-3-22(41)31(46)23(42)4-13/h1-9,26,29,34-35,37-42,44-46,48H,10-11H2,(H,43,47)/t26?,29-,34?,35?/m1/s1. The molecule has 16 nitrogen and oxygen atoms in total. The lowest BCUT2D eigenvalue weighted by Gasteiger charge is -2.34. The number of hydrogen-bond donors (Lipinski definition) is 11. The number of carbonyl (C=O) groups is 1. The minimum atomic E-state index is -1.49. The zero-order valence-electron chi connectivity index (χ0n) is 26.4. The Morgan fingerprint density at radius 3 is 1.79 bits per heavy atom. The predicted octanol–water partition coefficient (Wildman–Crippen LogP) is 3.19. The lowest BCUT2D eigenvalue weighted by atomic mass is 9.90. The fourth-order valence-corrected chi connectivity index (χ4v) is 6.53. The molecule has 0 spiro atoms. The van der Waals surface area contributed by atoms with Crippen LogP contribution in [0.4, 0.5) is 0 Å². The number of phenolic OH excluding ortho intramolecular Hbond substituents is 9. The van der Waals surface area contributed by atoms with Crippen LogP contribution in [0.2, 0.25) is 0 Å². The molecule has 16 heteroatoms. The monoisotopic (exact) mass is 716 g/mol. The van der Waals surface area contributed by atoms with Gasteiger partial charge in [-0.3, -0.25) is 4.79 Å². The zero-order valence-corrected chi connectivity index (χ0v) is 26.4. The van der Waals surface area contributed by atoms with E-state index >= 15 is 0 Å². The Labute approximate surface area is 290 Å². The Morgan fingerprint density at radius 2 is 1.17 bits per heavy atom. The molecular weight excluding hydrogens is 688 g/mol. The first-order chi connectivity index (χ1) is 24.6. The van der Waals surface area contributed by atoms with Crippen LogP contribution in [0.15, 0.2) is 59.4 Å². The number of esters is 1. The molecule has 5 aromatic rings. The second kappa shape index (κ2) is 12.1. The van der Waals surface area contributed by atoms with Crippen molar-refractivity contribution in [1.82, 2.24) is 0 Å². The average Bonchev–Trinajstić information content (AvgIpc) is 3.20. The summed E-state index contributed by atoms with van der Waals surface area (Å²) in [6.45, 7) is 0. The highest BCUT2D eigenvalue weighted by Gasteiger charge is 2.39. The van der Waals surface area contributed by atoms with Gasteiger partial charge in [0.1, 0.15) is 40.6 Å². The highest BCUT2D eigenvalue weighted by atomic mass is 16.6. The first-order valence-corrected chi connectivity index (χ1v) is 15.4. The van der Waals surface area contributed by atoms with Crippen molar-refractivity contribution < 1.29 is 75.2 Å². The lowest BCUT2D eigenvalue weighted by Crippen LogP contribution is -2.35. The molecule has 2 aliphatic rings. The van der Waals surface area contributed by atoms with Crippen LogP contribution in [0, 0.1) is 0 Å². The summed E-state index contributed by atoms with van der Waals surface area (Å²) in [6.07, 6.45) is -6.29. The number of ether oxygens (including phenoxy) is 3. The molecule has 0 fully saturated rings. The summed E-state index contributed by atoms with van der Waals surface area (Å²) in [5.41, 5.74) is -1.52. The fourth-order valence-electron chi connectivity index (χ4n) is 6.53. The maximum atomic E-state index is 13.5. The van der Waals surface area contributed by atoms with Crippen LogP contribution >= 0.6 is 0 Å². The van der Waals surface area contributed by atoms with Crippen molar-refractivity contribution >= 4 is 16.7 Å². The summed E-state index contributed by atoms with van der Waals surface area (Å²) in [6, 6.07) is 9.16. The van der Waals surface area contributed by atoms with Crippen LogP contribution in [0.5, 0.6) is 69.0 Å². The number of phenols is 9. The number of carbonyl (C=O) groups excluding carboxylic acids is 1. The number of fused-ring (bicyclic) bond motifs is 3. The van der Waals surface area contributed by atoms with Gasteiger partial charge in [0.25, 0.3) is 0 Å². The molecule has 0 bridgehead atoms. The van der Waals surface area contributed by atoms with E-state index in [0.29, 0.717) is 0 Å². The third-order valence-electron chi connectivity index (χ3n) is 8.98. The van der Waals surface area contributed by atoms with Crippen molar-refractivity contribution in [3.63, 3.8) is 0 Å². The minimum Gasteiger partial charge on any atom is -0.508 e. The van der Waals surface area contributed by atoms with Gasteiger partial charge in [-0.05, 0) is 35.7 Å². The molecule has 3 unspecified atom stereocenters. The van der Waals surface area contributed by atoms with Gasteiger partial charge in [-0.25, -0.2) is 4.79 Å². The molecule has 268 valence electrons. The van der Waals surface area contributed by atoms with Crippen molar-refractivity contribution in [2.24, 2.45) is 0 Å². The van der Waals surface area contributed by atoms with Gasteiger partial charge in [0, 0.05) is 59.4 Å². The molecule has 0 radical (unpaired) electrons. The molecule has 52 heavy (non-hydrogen) atoms. The van der Waals surface area contributed by atoms with E-state index in [1.807, 2.05) is 0 Å². The maximum Gasteiger partial charge on any atom is 0.338 e. The number of benzene rings is 4. The Balaban J connectivity index is 1.41. The fraction of sp³-hybridized carbons (Fsp3) is 0.167. The van der Waals surface area contributed by atoms with Crippen molar-refractivity contribution in [2.45, 2.75) is 37.3 Å². The summed E-state index contributed by atoms with van der Waals surface area (Å²) < 4.78 is 17.8. The average molecular weight is 717 g/mol. The van der Waals surface area contributed by atoms with E-state index in [-0.39, 0.29) is 63.5 Å². The Kier molecular flexibility index (Phi) is 7.83. The summed E-state index contributed by atoms with van der Waals surface area (Å²) in [7, 11) is 0. The molecule has 2 heterocycles. The number of aliphatic hydroxyl groups is 1. The normalized spacial score (nSPS) is 19.2. The molecule has 5 aromatic carbocycles. The van der Waals surface area contributed by atoms with E-state index in [0.717, 1.165) is 42.5 Å². The van der Waals surface area contributed by atoms with Gasteiger partial charge in [0.05, 0.1) is 17.1 Å². The molecule has 2 aliphatic heterocycles. The summed E-state index contributed by atoms with van der Waals surface area (Å²) in [5.74, 6) is -8.22. The van der Waals surface area contributed by atoms with Crippen LogP contribution in [0.25, 0.3) is 10.8 Å². The van der Waals surface area contributed by atoms with Crippen LogP contribution in [-0.4, -0.2) is 74.3 Å². The largest absolute Gasteiger partial charge is 0.508 e. The van der Waals surface area contributed by atoms with Crippen molar-refractivity contribution in [1.29, 1.82) is 0 Å². The number of hydrogen-bond acceptors (Lipinski definition) is 16. The van der Waals surface area contributed by atoms with Crippen LogP contribution in [0.3, 0.4) is 0 Å². The second-order valence-electron chi connectivity index (χ2n) is 12.4. The third kappa shape index (κ3) is 5.56. The van der Waals surface area contributed by atoms with Gasteiger partial charge in [-0.15, -0.1) is 0 Å². The number of aliphatic hydroxyl groups excluding tert-OH is 1.